The molecule has 20 heavy (non-hydrogen) atoms. The number of imidazole rings is 1. The Morgan fingerprint density at radius 1 is 1.45 bits per heavy atom. The number of aryl methyl sites for hydroxylation is 1. The molecule has 4 nitrogen and oxygen atoms in total. The van der Waals surface area contributed by atoms with Crippen molar-refractivity contribution in [2.45, 2.75) is 64.7 Å². The Balaban J connectivity index is 2.30. The smallest absolute Gasteiger partial charge is 0.125 e. The van der Waals surface area contributed by atoms with Crippen molar-refractivity contribution in [3.63, 3.8) is 0 Å². The van der Waals surface area contributed by atoms with Gasteiger partial charge in [-0.1, -0.05) is 6.92 Å². The van der Waals surface area contributed by atoms with Crippen LogP contribution in [0.5, 0.6) is 0 Å². The fourth-order valence-electron chi connectivity index (χ4n) is 3.51. The molecule has 0 aliphatic carbocycles. The van der Waals surface area contributed by atoms with Gasteiger partial charge >= 0.3 is 0 Å². The van der Waals surface area contributed by atoms with Crippen LogP contribution >= 0.6 is 0 Å². The topological polar surface area (TPSA) is 39.1 Å². The summed E-state index contributed by atoms with van der Waals surface area (Å²) in [6.07, 6.45) is 6.07. The fraction of sp³-hybridized carbons (Fsp3) is 0.812. The fourth-order valence-corrected chi connectivity index (χ4v) is 3.51. The molecule has 1 aromatic heterocycles. The maximum absolute atomic E-state index is 6.27. The van der Waals surface area contributed by atoms with Crippen molar-refractivity contribution in [2.75, 3.05) is 6.54 Å². The first-order valence-electron chi connectivity index (χ1n) is 7.67. The molecule has 1 saturated heterocycles. The van der Waals surface area contributed by atoms with Crippen LogP contribution in [0, 0.1) is 5.92 Å². The molecule has 0 saturated carbocycles. The van der Waals surface area contributed by atoms with Crippen molar-refractivity contribution >= 4 is 0 Å². The third-order valence-electron chi connectivity index (χ3n) is 4.30. The van der Waals surface area contributed by atoms with Crippen LogP contribution in [0.25, 0.3) is 0 Å². The van der Waals surface area contributed by atoms with E-state index >= 15 is 0 Å². The van der Waals surface area contributed by atoms with E-state index in [2.05, 4.69) is 56.5 Å². The summed E-state index contributed by atoms with van der Waals surface area (Å²) in [5, 5.41) is 3.68. The standard InChI is InChI=1S/C16H29N3O/c1-7-8-17-13(14-18-9-10-19(14)6)12-11-15(2,3)20-16(12,4)5/h9-10,12-13,17H,7-8,11H2,1-6H3. The molecule has 1 fully saturated rings. The van der Waals surface area contributed by atoms with E-state index in [0.29, 0.717) is 5.92 Å². The van der Waals surface area contributed by atoms with Crippen molar-refractivity contribution in [3.8, 4) is 0 Å². The molecule has 2 rings (SSSR count). The van der Waals surface area contributed by atoms with E-state index in [-0.39, 0.29) is 17.2 Å². The molecular formula is C16H29N3O. The number of hydrogen-bond donors (Lipinski definition) is 1. The van der Waals surface area contributed by atoms with Gasteiger partial charge < -0.3 is 14.6 Å². The van der Waals surface area contributed by atoms with E-state index in [1.54, 1.807) is 0 Å². The molecule has 0 amide bonds. The van der Waals surface area contributed by atoms with Crippen LogP contribution in [0.2, 0.25) is 0 Å². The van der Waals surface area contributed by atoms with Gasteiger partial charge in [0.25, 0.3) is 0 Å². The predicted molar refractivity (Wildman–Crippen MR) is 81.6 cm³/mol. The molecule has 1 aliphatic heterocycles. The first-order valence-corrected chi connectivity index (χ1v) is 7.67. The minimum absolute atomic E-state index is 0.0640. The van der Waals surface area contributed by atoms with E-state index in [4.69, 9.17) is 4.74 Å². The van der Waals surface area contributed by atoms with Crippen LogP contribution in [0.1, 0.15) is 59.3 Å². The molecule has 2 heterocycles. The van der Waals surface area contributed by atoms with E-state index in [1.807, 2.05) is 12.4 Å². The molecule has 0 bridgehead atoms. The van der Waals surface area contributed by atoms with E-state index in [0.717, 1.165) is 25.2 Å². The summed E-state index contributed by atoms with van der Waals surface area (Å²) in [7, 11) is 2.07. The Kier molecular flexibility index (Phi) is 4.26. The Hall–Kier alpha value is -0.870. The first kappa shape index (κ1) is 15.5. The molecule has 1 N–H and O–H groups in total. The van der Waals surface area contributed by atoms with Crippen LogP contribution in [0.4, 0.5) is 0 Å². The van der Waals surface area contributed by atoms with Gasteiger partial charge in [0, 0.05) is 25.4 Å². The largest absolute Gasteiger partial charge is 0.369 e. The monoisotopic (exact) mass is 279 g/mol. The second kappa shape index (κ2) is 5.49. The van der Waals surface area contributed by atoms with Crippen molar-refractivity contribution in [1.29, 1.82) is 0 Å². The van der Waals surface area contributed by atoms with Gasteiger partial charge in [-0.15, -0.1) is 0 Å². The van der Waals surface area contributed by atoms with Crippen LogP contribution in [-0.2, 0) is 11.8 Å². The number of nitrogens with one attached hydrogen (secondary N) is 1. The van der Waals surface area contributed by atoms with Gasteiger partial charge in [-0.25, -0.2) is 4.98 Å². The van der Waals surface area contributed by atoms with Gasteiger partial charge in [0.05, 0.1) is 17.2 Å². The molecular weight excluding hydrogens is 250 g/mol. The average molecular weight is 279 g/mol. The van der Waals surface area contributed by atoms with Gasteiger partial charge in [-0.2, -0.15) is 0 Å². The highest BCUT2D eigenvalue weighted by Crippen LogP contribution is 2.47. The molecule has 0 radical (unpaired) electrons. The molecule has 0 spiro atoms. The number of hydrogen-bond acceptors (Lipinski definition) is 3. The van der Waals surface area contributed by atoms with Crippen LogP contribution < -0.4 is 5.32 Å². The minimum atomic E-state index is -0.138. The summed E-state index contributed by atoms with van der Waals surface area (Å²) >= 11 is 0. The molecule has 1 aliphatic rings. The number of nitrogens with zero attached hydrogens (tertiary/aromatic N) is 2. The lowest BCUT2D eigenvalue weighted by Crippen LogP contribution is -2.40. The normalized spacial score (nSPS) is 25.8. The zero-order chi connectivity index (χ0) is 15.0. The SMILES string of the molecule is CCCNC(c1nccn1C)C1CC(C)(C)OC1(C)C. The zero-order valence-electron chi connectivity index (χ0n) is 13.7. The Morgan fingerprint density at radius 2 is 2.15 bits per heavy atom. The summed E-state index contributed by atoms with van der Waals surface area (Å²) in [6.45, 7) is 12.0. The van der Waals surface area contributed by atoms with Crippen LogP contribution in [0.3, 0.4) is 0 Å². The maximum Gasteiger partial charge on any atom is 0.125 e. The maximum atomic E-state index is 6.27. The predicted octanol–water partition coefficient (Wildman–Crippen LogP) is 3.05. The van der Waals surface area contributed by atoms with Crippen LogP contribution in [0.15, 0.2) is 12.4 Å². The van der Waals surface area contributed by atoms with E-state index < -0.39 is 0 Å². The molecule has 114 valence electrons. The lowest BCUT2D eigenvalue weighted by molar-refractivity contribution is -0.0782. The number of rotatable bonds is 5. The van der Waals surface area contributed by atoms with Crippen molar-refractivity contribution in [1.82, 2.24) is 14.9 Å². The highest BCUT2D eigenvalue weighted by Gasteiger charge is 2.50. The Bertz CT molecular complexity index is 450. The third-order valence-corrected chi connectivity index (χ3v) is 4.30. The lowest BCUT2D eigenvalue weighted by Gasteiger charge is -2.33. The van der Waals surface area contributed by atoms with Gasteiger partial charge in [0.2, 0.25) is 0 Å². The number of aromatic nitrogens is 2. The molecule has 2 atom stereocenters. The first-order chi connectivity index (χ1) is 9.27. The summed E-state index contributed by atoms with van der Waals surface area (Å²) in [4.78, 5) is 4.57. The summed E-state index contributed by atoms with van der Waals surface area (Å²) in [5.41, 5.74) is -0.202. The van der Waals surface area contributed by atoms with E-state index in [1.165, 1.54) is 0 Å². The quantitative estimate of drug-likeness (QED) is 0.900. The van der Waals surface area contributed by atoms with Gasteiger partial charge in [-0.3, -0.25) is 0 Å². The van der Waals surface area contributed by atoms with Gasteiger partial charge in [0.1, 0.15) is 5.82 Å². The Labute approximate surface area is 122 Å². The second-order valence-electron chi connectivity index (χ2n) is 7.10. The van der Waals surface area contributed by atoms with Gasteiger partial charge in [0.15, 0.2) is 0 Å². The van der Waals surface area contributed by atoms with Crippen molar-refractivity contribution < 1.29 is 4.74 Å². The summed E-state index contributed by atoms with van der Waals surface area (Å²) < 4.78 is 8.39. The second-order valence-corrected chi connectivity index (χ2v) is 7.10. The highest BCUT2D eigenvalue weighted by atomic mass is 16.5. The molecule has 1 aromatic rings. The lowest BCUT2D eigenvalue weighted by atomic mass is 9.81. The van der Waals surface area contributed by atoms with Crippen molar-refractivity contribution in [3.05, 3.63) is 18.2 Å². The number of ether oxygens (including phenoxy) is 1. The van der Waals surface area contributed by atoms with Crippen LogP contribution in [-0.4, -0.2) is 27.3 Å². The molecule has 0 aromatic carbocycles. The van der Waals surface area contributed by atoms with E-state index in [9.17, 15) is 0 Å². The van der Waals surface area contributed by atoms with Gasteiger partial charge in [-0.05, 0) is 47.1 Å². The molecule has 2 unspecified atom stereocenters. The van der Waals surface area contributed by atoms with Crippen molar-refractivity contribution in [2.24, 2.45) is 13.0 Å². The average Bonchev–Trinajstić information content (AvgIpc) is 2.81. The highest BCUT2D eigenvalue weighted by molar-refractivity contribution is 5.08. The third kappa shape index (κ3) is 3.07. The molecule has 4 heteroatoms. The summed E-state index contributed by atoms with van der Waals surface area (Å²) in [5.74, 6) is 1.53. The Morgan fingerprint density at radius 3 is 2.60 bits per heavy atom. The summed E-state index contributed by atoms with van der Waals surface area (Å²) in [6, 6.07) is 0.242. The minimum Gasteiger partial charge on any atom is -0.369 e. The zero-order valence-corrected chi connectivity index (χ0v) is 13.7.